The summed E-state index contributed by atoms with van der Waals surface area (Å²) in [7, 11) is 3.87. The third-order valence-electron chi connectivity index (χ3n) is 4.80. The number of Topliss-reactive ketones (excluding diaryl/α,β-unsaturated/α-hetero) is 1. The maximum atomic E-state index is 13.6. The van der Waals surface area contributed by atoms with Gasteiger partial charge in [-0.15, -0.1) is 0 Å². The lowest BCUT2D eigenvalue weighted by Gasteiger charge is -2.30. The fraction of sp³-hybridized carbons (Fsp3) is 0.261. The normalized spacial score (nSPS) is 18.0. The molecule has 1 saturated heterocycles. The molecule has 2 aromatic carbocycles. The molecule has 0 N–H and O–H groups in total. The monoisotopic (exact) mass is 418 g/mol. The molecule has 0 amide bonds. The SMILES string of the molecule is CN(C)CCN1C/C(=C\c2ccc(F)c(F)c2)C(=O)/C(=C/c2ccc(F)c(F)c2)C1. The van der Waals surface area contributed by atoms with Crippen LogP contribution in [0.3, 0.4) is 0 Å². The summed E-state index contributed by atoms with van der Waals surface area (Å²) in [6, 6.07) is 6.89. The van der Waals surface area contributed by atoms with E-state index in [0.717, 1.165) is 30.8 Å². The van der Waals surface area contributed by atoms with Crippen molar-refractivity contribution in [3.8, 4) is 0 Å². The maximum Gasteiger partial charge on any atom is 0.187 e. The van der Waals surface area contributed by atoms with Gasteiger partial charge >= 0.3 is 0 Å². The molecule has 30 heavy (non-hydrogen) atoms. The Labute approximate surface area is 172 Å². The summed E-state index contributed by atoms with van der Waals surface area (Å²) in [6.45, 7) is 2.12. The van der Waals surface area contributed by atoms with Crippen LogP contribution >= 0.6 is 0 Å². The van der Waals surface area contributed by atoms with Gasteiger partial charge in [-0.25, -0.2) is 17.6 Å². The minimum atomic E-state index is -0.991. The van der Waals surface area contributed by atoms with Crippen molar-refractivity contribution < 1.29 is 22.4 Å². The van der Waals surface area contributed by atoms with E-state index in [0.29, 0.717) is 41.9 Å². The number of piperidine rings is 1. The minimum Gasteiger partial charge on any atom is -0.308 e. The highest BCUT2D eigenvalue weighted by Crippen LogP contribution is 2.23. The number of likely N-dealkylation sites (N-methyl/N-ethyl adjacent to an activating group) is 1. The largest absolute Gasteiger partial charge is 0.308 e. The van der Waals surface area contributed by atoms with Crippen molar-refractivity contribution in [1.29, 1.82) is 0 Å². The fourth-order valence-corrected chi connectivity index (χ4v) is 3.22. The van der Waals surface area contributed by atoms with Crippen molar-refractivity contribution in [1.82, 2.24) is 9.80 Å². The molecular weight excluding hydrogens is 396 g/mol. The molecule has 0 saturated carbocycles. The van der Waals surface area contributed by atoms with Crippen molar-refractivity contribution in [3.05, 3.63) is 81.9 Å². The second-order valence-corrected chi connectivity index (χ2v) is 7.53. The van der Waals surface area contributed by atoms with Gasteiger partial charge in [0.05, 0.1) is 0 Å². The van der Waals surface area contributed by atoms with Gasteiger partial charge in [0.2, 0.25) is 0 Å². The first-order valence-electron chi connectivity index (χ1n) is 9.46. The highest BCUT2D eigenvalue weighted by molar-refractivity contribution is 6.14. The van der Waals surface area contributed by atoms with E-state index in [-0.39, 0.29) is 5.78 Å². The Morgan fingerprint density at radius 1 is 0.833 bits per heavy atom. The molecule has 158 valence electrons. The van der Waals surface area contributed by atoms with E-state index in [2.05, 4.69) is 0 Å². The van der Waals surface area contributed by atoms with Gasteiger partial charge in [0.1, 0.15) is 0 Å². The molecule has 1 aliphatic heterocycles. The van der Waals surface area contributed by atoms with Gasteiger partial charge in [0.15, 0.2) is 29.1 Å². The molecule has 2 aromatic rings. The number of likely N-dealkylation sites (tertiary alicyclic amines) is 1. The van der Waals surface area contributed by atoms with E-state index in [1.165, 1.54) is 24.3 Å². The zero-order valence-corrected chi connectivity index (χ0v) is 16.8. The molecule has 1 heterocycles. The first-order chi connectivity index (χ1) is 14.2. The van der Waals surface area contributed by atoms with Crippen LogP contribution < -0.4 is 0 Å². The van der Waals surface area contributed by atoms with Crippen LogP contribution in [0.5, 0.6) is 0 Å². The molecule has 0 atom stereocenters. The van der Waals surface area contributed by atoms with Crippen molar-refractivity contribution >= 4 is 17.9 Å². The predicted octanol–water partition coefficient (Wildman–Crippen LogP) is 4.16. The van der Waals surface area contributed by atoms with Gasteiger partial charge < -0.3 is 4.90 Å². The summed E-state index contributed by atoms with van der Waals surface area (Å²) in [5, 5.41) is 0. The highest BCUT2D eigenvalue weighted by atomic mass is 19.2. The molecule has 0 bridgehead atoms. The summed E-state index contributed by atoms with van der Waals surface area (Å²) < 4.78 is 53.6. The van der Waals surface area contributed by atoms with Gasteiger partial charge in [0, 0.05) is 37.3 Å². The van der Waals surface area contributed by atoms with E-state index >= 15 is 0 Å². The zero-order chi connectivity index (χ0) is 21.8. The van der Waals surface area contributed by atoms with E-state index in [9.17, 15) is 22.4 Å². The van der Waals surface area contributed by atoms with Crippen molar-refractivity contribution in [2.75, 3.05) is 40.3 Å². The number of halogens is 4. The van der Waals surface area contributed by atoms with Crippen LogP contribution in [0.25, 0.3) is 12.2 Å². The topological polar surface area (TPSA) is 23.6 Å². The number of nitrogens with zero attached hydrogens (tertiary/aromatic N) is 2. The molecule has 1 fully saturated rings. The van der Waals surface area contributed by atoms with Crippen LogP contribution in [0.4, 0.5) is 17.6 Å². The Morgan fingerprint density at radius 3 is 1.70 bits per heavy atom. The smallest absolute Gasteiger partial charge is 0.187 e. The molecular formula is C23H22F4N2O. The maximum absolute atomic E-state index is 13.6. The zero-order valence-electron chi connectivity index (χ0n) is 16.8. The summed E-state index contributed by atoms with van der Waals surface area (Å²) in [4.78, 5) is 17.1. The van der Waals surface area contributed by atoms with Gasteiger partial charge in [-0.2, -0.15) is 0 Å². The van der Waals surface area contributed by atoms with Gasteiger partial charge in [-0.05, 0) is 61.6 Å². The quantitative estimate of drug-likeness (QED) is 0.538. The van der Waals surface area contributed by atoms with Crippen molar-refractivity contribution in [2.45, 2.75) is 0 Å². The van der Waals surface area contributed by atoms with Crippen LogP contribution in [-0.4, -0.2) is 55.9 Å². The molecule has 0 aliphatic carbocycles. The second-order valence-electron chi connectivity index (χ2n) is 7.53. The van der Waals surface area contributed by atoms with Crippen LogP contribution in [0.1, 0.15) is 11.1 Å². The minimum absolute atomic E-state index is 0.259. The standard InChI is InChI=1S/C23H22F4N2O/c1-28(2)7-8-29-13-17(9-15-3-5-19(24)21(26)11-15)23(30)18(14-29)10-16-4-6-20(25)22(27)12-16/h3-6,9-12H,7-8,13-14H2,1-2H3/b17-9+,18-10+. The second kappa shape index (κ2) is 9.36. The van der Waals surface area contributed by atoms with Gasteiger partial charge in [0.25, 0.3) is 0 Å². The molecule has 3 rings (SSSR count). The third kappa shape index (κ3) is 5.43. The van der Waals surface area contributed by atoms with Crippen LogP contribution in [0, 0.1) is 23.3 Å². The summed E-state index contributed by atoms with van der Waals surface area (Å²) >= 11 is 0. The van der Waals surface area contributed by atoms with E-state index in [1.54, 1.807) is 0 Å². The molecule has 0 aromatic heterocycles. The Bertz CT molecular complexity index is 941. The average Bonchev–Trinajstić information content (AvgIpc) is 2.69. The lowest BCUT2D eigenvalue weighted by atomic mass is 9.94. The summed E-state index contributed by atoms with van der Waals surface area (Å²) in [5.41, 5.74) is 1.58. The first-order valence-corrected chi connectivity index (χ1v) is 9.46. The van der Waals surface area contributed by atoms with Gasteiger partial charge in [-0.3, -0.25) is 9.69 Å². The van der Waals surface area contributed by atoms with E-state index in [1.807, 2.05) is 23.9 Å². The van der Waals surface area contributed by atoms with E-state index < -0.39 is 23.3 Å². The number of rotatable bonds is 5. The summed E-state index contributed by atoms with van der Waals surface area (Å²) in [6.07, 6.45) is 3.07. The number of carbonyl (C=O) groups is 1. The molecule has 7 heteroatoms. The number of benzene rings is 2. The molecule has 0 unspecified atom stereocenters. The lowest BCUT2D eigenvalue weighted by molar-refractivity contribution is -0.113. The Balaban J connectivity index is 1.95. The predicted molar refractivity (Wildman–Crippen MR) is 109 cm³/mol. The third-order valence-corrected chi connectivity index (χ3v) is 4.80. The number of hydrogen-bond acceptors (Lipinski definition) is 3. The molecule has 0 radical (unpaired) electrons. The van der Waals surface area contributed by atoms with E-state index in [4.69, 9.17) is 0 Å². The molecule has 0 spiro atoms. The number of hydrogen-bond donors (Lipinski definition) is 0. The lowest BCUT2D eigenvalue weighted by Crippen LogP contribution is -2.41. The van der Waals surface area contributed by atoms with Gasteiger partial charge in [-0.1, -0.05) is 12.1 Å². The highest BCUT2D eigenvalue weighted by Gasteiger charge is 2.26. The summed E-state index contributed by atoms with van der Waals surface area (Å²) in [5.74, 6) is -4.16. The Kier molecular flexibility index (Phi) is 6.84. The average molecular weight is 418 g/mol. The number of carbonyl (C=O) groups excluding carboxylic acids is 1. The van der Waals surface area contributed by atoms with Crippen LogP contribution in [0.15, 0.2) is 47.5 Å². The van der Waals surface area contributed by atoms with Crippen LogP contribution in [-0.2, 0) is 4.79 Å². The molecule has 3 nitrogen and oxygen atoms in total. The number of ketones is 1. The first kappa shape index (κ1) is 21.9. The Hall–Kier alpha value is -2.77. The Morgan fingerprint density at radius 2 is 1.30 bits per heavy atom. The molecule has 1 aliphatic rings. The van der Waals surface area contributed by atoms with Crippen molar-refractivity contribution in [2.24, 2.45) is 0 Å². The van der Waals surface area contributed by atoms with Crippen LogP contribution in [0.2, 0.25) is 0 Å². The fourth-order valence-electron chi connectivity index (χ4n) is 3.22. The van der Waals surface area contributed by atoms with Crippen molar-refractivity contribution in [3.63, 3.8) is 0 Å².